The molecule has 1 aliphatic rings. The molecule has 1 aliphatic heterocycles. The molecule has 1 aromatic heterocycles. The summed E-state index contributed by atoms with van der Waals surface area (Å²) in [5.74, 6) is -0.991. The van der Waals surface area contributed by atoms with Crippen LogP contribution in [-0.4, -0.2) is 34.4 Å². The standard InChI is InChI=1S/C10H13N3O3/c14-9-5-8(6-11-12-9)13-3-1-7(2-4-13)10(15)16/h5-7H,1-4H2,(H,12,14)(H,15,16). The molecule has 1 fully saturated rings. The van der Waals surface area contributed by atoms with Crippen LogP contribution in [0.15, 0.2) is 17.1 Å². The smallest absolute Gasteiger partial charge is 0.306 e. The van der Waals surface area contributed by atoms with E-state index in [1.165, 1.54) is 6.07 Å². The fourth-order valence-electron chi connectivity index (χ4n) is 1.92. The molecule has 0 spiro atoms. The minimum atomic E-state index is -0.733. The molecule has 86 valence electrons. The molecular weight excluding hydrogens is 210 g/mol. The van der Waals surface area contributed by atoms with Gasteiger partial charge in [0.05, 0.1) is 17.8 Å². The van der Waals surface area contributed by atoms with E-state index < -0.39 is 5.97 Å². The van der Waals surface area contributed by atoms with E-state index in [1.807, 2.05) is 4.90 Å². The van der Waals surface area contributed by atoms with Crippen LogP contribution in [0.3, 0.4) is 0 Å². The van der Waals surface area contributed by atoms with Crippen molar-refractivity contribution in [3.63, 3.8) is 0 Å². The van der Waals surface area contributed by atoms with Gasteiger partial charge in [-0.2, -0.15) is 5.10 Å². The van der Waals surface area contributed by atoms with Crippen molar-refractivity contribution < 1.29 is 9.90 Å². The Morgan fingerprint density at radius 1 is 1.50 bits per heavy atom. The zero-order valence-corrected chi connectivity index (χ0v) is 8.72. The number of nitrogens with zero attached hydrogens (tertiary/aromatic N) is 2. The minimum absolute atomic E-state index is 0.238. The summed E-state index contributed by atoms with van der Waals surface area (Å²) < 4.78 is 0. The van der Waals surface area contributed by atoms with Crippen LogP contribution in [0, 0.1) is 5.92 Å². The Morgan fingerprint density at radius 2 is 2.19 bits per heavy atom. The first-order valence-electron chi connectivity index (χ1n) is 5.19. The van der Waals surface area contributed by atoms with Gasteiger partial charge in [-0.05, 0) is 12.8 Å². The highest BCUT2D eigenvalue weighted by Gasteiger charge is 2.24. The van der Waals surface area contributed by atoms with Gasteiger partial charge in [-0.15, -0.1) is 0 Å². The van der Waals surface area contributed by atoms with Crippen molar-refractivity contribution in [3.8, 4) is 0 Å². The number of aromatic amines is 1. The predicted molar refractivity (Wildman–Crippen MR) is 57.4 cm³/mol. The van der Waals surface area contributed by atoms with Gasteiger partial charge in [0.1, 0.15) is 0 Å². The van der Waals surface area contributed by atoms with E-state index in [-0.39, 0.29) is 11.5 Å². The van der Waals surface area contributed by atoms with Gasteiger partial charge in [-0.1, -0.05) is 0 Å². The molecule has 0 aromatic carbocycles. The summed E-state index contributed by atoms with van der Waals surface area (Å²) in [5, 5.41) is 14.9. The molecule has 16 heavy (non-hydrogen) atoms. The first-order valence-corrected chi connectivity index (χ1v) is 5.19. The lowest BCUT2D eigenvalue weighted by molar-refractivity contribution is -0.142. The van der Waals surface area contributed by atoms with Gasteiger partial charge in [0, 0.05) is 19.2 Å². The third-order valence-electron chi connectivity index (χ3n) is 2.86. The molecule has 0 bridgehead atoms. The van der Waals surface area contributed by atoms with Crippen molar-refractivity contribution in [1.82, 2.24) is 10.2 Å². The van der Waals surface area contributed by atoms with E-state index in [9.17, 15) is 9.59 Å². The Balaban J connectivity index is 2.04. The topological polar surface area (TPSA) is 86.3 Å². The molecule has 2 rings (SSSR count). The van der Waals surface area contributed by atoms with Gasteiger partial charge >= 0.3 is 5.97 Å². The average molecular weight is 223 g/mol. The van der Waals surface area contributed by atoms with Gasteiger partial charge in [0.2, 0.25) is 0 Å². The van der Waals surface area contributed by atoms with Crippen LogP contribution < -0.4 is 10.5 Å². The zero-order valence-electron chi connectivity index (χ0n) is 8.72. The van der Waals surface area contributed by atoms with Crippen LogP contribution >= 0.6 is 0 Å². The normalized spacial score (nSPS) is 17.4. The molecule has 0 radical (unpaired) electrons. The molecule has 0 atom stereocenters. The fraction of sp³-hybridized carbons (Fsp3) is 0.500. The monoisotopic (exact) mass is 223 g/mol. The minimum Gasteiger partial charge on any atom is -0.481 e. The summed E-state index contributed by atoms with van der Waals surface area (Å²) in [6, 6.07) is 1.48. The number of hydrogen-bond acceptors (Lipinski definition) is 4. The summed E-state index contributed by atoms with van der Waals surface area (Å²) in [6.45, 7) is 1.31. The SMILES string of the molecule is O=C(O)C1CCN(c2cn[nH]c(=O)c2)CC1. The second-order valence-electron chi connectivity index (χ2n) is 3.90. The number of nitrogens with one attached hydrogen (secondary N) is 1. The maximum atomic E-state index is 11.1. The molecule has 1 aromatic rings. The first-order chi connectivity index (χ1) is 7.66. The largest absolute Gasteiger partial charge is 0.481 e. The van der Waals surface area contributed by atoms with Crippen LogP contribution in [0.5, 0.6) is 0 Å². The Morgan fingerprint density at radius 3 is 2.75 bits per heavy atom. The number of carbonyl (C=O) groups is 1. The van der Waals surface area contributed by atoms with E-state index in [1.54, 1.807) is 6.20 Å². The molecule has 2 N–H and O–H groups in total. The molecule has 0 saturated carbocycles. The van der Waals surface area contributed by atoms with E-state index >= 15 is 0 Å². The Hall–Kier alpha value is -1.85. The van der Waals surface area contributed by atoms with Crippen molar-refractivity contribution in [2.45, 2.75) is 12.8 Å². The maximum absolute atomic E-state index is 11.1. The summed E-state index contributed by atoms with van der Waals surface area (Å²) in [6.07, 6.45) is 2.81. The van der Waals surface area contributed by atoms with Crippen molar-refractivity contribution in [2.75, 3.05) is 18.0 Å². The molecular formula is C10H13N3O3. The second kappa shape index (κ2) is 4.34. The maximum Gasteiger partial charge on any atom is 0.306 e. The summed E-state index contributed by atoms with van der Waals surface area (Å²) in [4.78, 5) is 23.8. The lowest BCUT2D eigenvalue weighted by atomic mass is 9.97. The second-order valence-corrected chi connectivity index (χ2v) is 3.90. The highest BCUT2D eigenvalue weighted by atomic mass is 16.4. The van der Waals surface area contributed by atoms with Crippen LogP contribution in [0.4, 0.5) is 5.69 Å². The van der Waals surface area contributed by atoms with Gasteiger partial charge < -0.3 is 10.0 Å². The third kappa shape index (κ3) is 2.21. The molecule has 2 heterocycles. The lowest BCUT2D eigenvalue weighted by Gasteiger charge is -2.31. The van der Waals surface area contributed by atoms with Gasteiger partial charge in [0.15, 0.2) is 0 Å². The summed E-state index contributed by atoms with van der Waals surface area (Å²) in [7, 11) is 0. The molecule has 6 nitrogen and oxygen atoms in total. The molecule has 6 heteroatoms. The molecule has 0 amide bonds. The van der Waals surface area contributed by atoms with Crippen LogP contribution in [-0.2, 0) is 4.79 Å². The Bertz CT molecular complexity index is 435. The lowest BCUT2D eigenvalue weighted by Crippen LogP contribution is -2.36. The summed E-state index contributed by atoms with van der Waals surface area (Å²) >= 11 is 0. The van der Waals surface area contributed by atoms with Crippen molar-refractivity contribution in [2.24, 2.45) is 5.92 Å². The van der Waals surface area contributed by atoms with Crippen molar-refractivity contribution in [3.05, 3.63) is 22.6 Å². The highest BCUT2D eigenvalue weighted by Crippen LogP contribution is 2.21. The molecule has 0 aliphatic carbocycles. The number of rotatable bonds is 2. The Kier molecular flexibility index (Phi) is 2.89. The first kappa shape index (κ1) is 10.7. The number of anilines is 1. The Labute approximate surface area is 91.9 Å². The number of H-pyrrole nitrogens is 1. The zero-order chi connectivity index (χ0) is 11.5. The quantitative estimate of drug-likeness (QED) is 0.741. The average Bonchev–Trinajstić information content (AvgIpc) is 2.29. The van der Waals surface area contributed by atoms with E-state index in [0.717, 1.165) is 5.69 Å². The number of aliphatic carboxylic acids is 1. The fourth-order valence-corrected chi connectivity index (χ4v) is 1.92. The van der Waals surface area contributed by atoms with Crippen molar-refractivity contribution >= 4 is 11.7 Å². The van der Waals surface area contributed by atoms with Gasteiger partial charge in [-0.3, -0.25) is 9.59 Å². The van der Waals surface area contributed by atoms with Crippen LogP contribution in [0.2, 0.25) is 0 Å². The van der Waals surface area contributed by atoms with Crippen molar-refractivity contribution in [1.29, 1.82) is 0 Å². The number of carboxylic acid groups (broad SMARTS) is 1. The van der Waals surface area contributed by atoms with E-state index in [0.29, 0.717) is 25.9 Å². The van der Waals surface area contributed by atoms with E-state index in [4.69, 9.17) is 5.11 Å². The van der Waals surface area contributed by atoms with Gasteiger partial charge in [0.25, 0.3) is 5.56 Å². The number of hydrogen-bond donors (Lipinski definition) is 2. The number of aromatic nitrogens is 2. The third-order valence-corrected chi connectivity index (χ3v) is 2.86. The highest BCUT2D eigenvalue weighted by molar-refractivity contribution is 5.70. The molecule has 1 saturated heterocycles. The predicted octanol–water partition coefficient (Wildman–Crippen LogP) is 0.0709. The van der Waals surface area contributed by atoms with E-state index in [2.05, 4.69) is 10.2 Å². The molecule has 0 unspecified atom stereocenters. The van der Waals surface area contributed by atoms with Crippen LogP contribution in [0.1, 0.15) is 12.8 Å². The number of piperidine rings is 1. The summed E-state index contributed by atoms with van der Waals surface area (Å²) in [5.41, 5.74) is 0.519. The number of carboxylic acids is 1. The van der Waals surface area contributed by atoms with Crippen LogP contribution in [0.25, 0.3) is 0 Å². The van der Waals surface area contributed by atoms with Gasteiger partial charge in [-0.25, -0.2) is 5.10 Å².